The number of nitrogen functional groups attached to an aromatic ring is 2. The van der Waals surface area contributed by atoms with Gasteiger partial charge in [0, 0.05) is 5.41 Å². The average Bonchev–Trinajstić information content (AvgIpc) is 2.99. The van der Waals surface area contributed by atoms with Crippen molar-refractivity contribution in [3.05, 3.63) is 47.5 Å². The molecule has 4 nitrogen and oxygen atoms in total. The van der Waals surface area contributed by atoms with Crippen LogP contribution in [0.25, 0.3) is 0 Å². The van der Waals surface area contributed by atoms with Crippen molar-refractivity contribution in [2.45, 2.75) is 108 Å². The minimum atomic E-state index is -0.212. The van der Waals surface area contributed by atoms with Crippen LogP contribution in [0.5, 0.6) is 11.5 Å². The van der Waals surface area contributed by atoms with E-state index in [0.29, 0.717) is 28.1 Å². The van der Waals surface area contributed by atoms with Crippen LogP contribution >= 0.6 is 0 Å². The van der Waals surface area contributed by atoms with Crippen LogP contribution in [0.3, 0.4) is 0 Å². The molecule has 244 valence electrons. The Kier molecular flexibility index (Phi) is 5.28. The molecule has 12 saturated carbocycles. The summed E-state index contributed by atoms with van der Waals surface area (Å²) < 4.78 is 0. The zero-order valence-corrected chi connectivity index (χ0v) is 27.6. The Morgan fingerprint density at radius 1 is 0.522 bits per heavy atom. The van der Waals surface area contributed by atoms with Crippen LogP contribution in [-0.4, -0.2) is 10.2 Å². The second kappa shape index (κ2) is 8.80. The van der Waals surface area contributed by atoms with Gasteiger partial charge in [0.1, 0.15) is 11.5 Å². The van der Waals surface area contributed by atoms with E-state index in [-0.39, 0.29) is 22.3 Å². The van der Waals surface area contributed by atoms with Crippen LogP contribution in [0.2, 0.25) is 0 Å². The van der Waals surface area contributed by atoms with Gasteiger partial charge in [-0.1, -0.05) is 12.1 Å². The average molecular weight is 619 g/mol. The summed E-state index contributed by atoms with van der Waals surface area (Å²) in [4.78, 5) is 0. The van der Waals surface area contributed by atoms with Crippen molar-refractivity contribution in [1.29, 1.82) is 0 Å². The normalized spacial score (nSPS) is 50.0. The summed E-state index contributed by atoms with van der Waals surface area (Å²) in [7, 11) is 0. The number of anilines is 2. The highest BCUT2D eigenvalue weighted by molar-refractivity contribution is 5.62. The van der Waals surface area contributed by atoms with Crippen molar-refractivity contribution in [2.24, 2.45) is 75.4 Å². The van der Waals surface area contributed by atoms with E-state index in [1.807, 2.05) is 12.1 Å². The fraction of sp³-hybridized carbons (Fsp3) is 0.714. The van der Waals surface area contributed by atoms with E-state index in [1.54, 1.807) is 0 Å². The highest BCUT2D eigenvalue weighted by atomic mass is 16.3. The molecule has 12 bridgehead atoms. The Bertz CT molecular complexity index is 1510. The summed E-state index contributed by atoms with van der Waals surface area (Å²) >= 11 is 0. The first-order valence-corrected chi connectivity index (χ1v) is 19.4. The lowest BCUT2D eigenvalue weighted by Crippen LogP contribution is -2.75. The first-order chi connectivity index (χ1) is 22.2. The van der Waals surface area contributed by atoms with Gasteiger partial charge in [0.05, 0.1) is 11.4 Å². The van der Waals surface area contributed by atoms with Crippen molar-refractivity contribution in [3.63, 3.8) is 0 Å². The molecule has 0 radical (unpaired) electrons. The maximum Gasteiger partial charge on any atom is 0.138 e. The molecule has 4 heteroatoms. The predicted octanol–water partition coefficient (Wildman–Crippen LogP) is 9.03. The van der Waals surface area contributed by atoms with E-state index in [0.717, 1.165) is 53.3 Å². The molecule has 0 heterocycles. The highest BCUT2D eigenvalue weighted by Gasteiger charge is 2.78. The molecule has 46 heavy (non-hydrogen) atoms. The Hall–Kier alpha value is -2.36. The van der Waals surface area contributed by atoms with Gasteiger partial charge in [0.25, 0.3) is 0 Å². The number of hydrogen-bond acceptors (Lipinski definition) is 4. The maximum absolute atomic E-state index is 10.8. The first kappa shape index (κ1) is 27.6. The summed E-state index contributed by atoms with van der Waals surface area (Å²) in [6.45, 7) is 0. The third-order valence-corrected chi connectivity index (χ3v) is 17.5. The minimum absolute atomic E-state index is 0.144. The van der Waals surface area contributed by atoms with Crippen LogP contribution in [0, 0.1) is 75.4 Å². The molecule has 5 unspecified atom stereocenters. The number of phenols is 2. The molecule has 0 amide bonds. The van der Waals surface area contributed by atoms with Gasteiger partial charge in [-0.3, -0.25) is 0 Å². The molecular weight excluding hydrogens is 564 g/mol. The molecule has 5 atom stereocenters. The monoisotopic (exact) mass is 618 g/mol. The SMILES string of the molecule is Nc1cc(C2(c3ccc(O)c(N)c3)C3CC4CC(C3)CC2(C23CC5CC(CC(C5)C2C25CC6CC(CC(C6)C2)C5)C3)C4)ccc1O. The van der Waals surface area contributed by atoms with E-state index >= 15 is 0 Å². The van der Waals surface area contributed by atoms with Crippen LogP contribution < -0.4 is 11.5 Å². The van der Waals surface area contributed by atoms with E-state index in [1.165, 1.54) is 114 Å². The standard InChI is InChI=1S/C42H54N2O2/c43-34-14-31(1-3-36(34)45)42(32-2-4-37(46)35(44)15-32)33-12-28-9-29(13-33)22-41(42,21-28)40-19-26-8-27(20-40)11-30(10-26)38(40)39-16-23-5-24(17-39)7-25(6-23)18-39/h1-4,14-15,23-30,33,38,45-46H,5-13,16-22,43-44H2. The van der Waals surface area contributed by atoms with Gasteiger partial charge in [-0.2, -0.15) is 0 Å². The molecular formula is C42H54N2O2. The third-order valence-electron chi connectivity index (χ3n) is 17.5. The van der Waals surface area contributed by atoms with Crippen molar-refractivity contribution in [2.75, 3.05) is 11.5 Å². The van der Waals surface area contributed by atoms with Gasteiger partial charge < -0.3 is 21.7 Å². The Balaban J connectivity index is 1.21. The Morgan fingerprint density at radius 3 is 1.41 bits per heavy atom. The fourth-order valence-electron chi connectivity index (χ4n) is 18.0. The van der Waals surface area contributed by atoms with E-state index in [9.17, 15) is 10.2 Å². The molecule has 12 fully saturated rings. The molecule has 14 rings (SSSR count). The van der Waals surface area contributed by atoms with E-state index < -0.39 is 0 Å². The van der Waals surface area contributed by atoms with Crippen LogP contribution in [0.15, 0.2) is 36.4 Å². The second-order valence-corrected chi connectivity index (χ2v) is 19.5. The molecule has 6 N–H and O–H groups in total. The highest BCUT2D eigenvalue weighted by Crippen LogP contribution is 2.85. The molecule has 12 aliphatic rings. The van der Waals surface area contributed by atoms with Crippen molar-refractivity contribution in [1.82, 2.24) is 0 Å². The van der Waals surface area contributed by atoms with Gasteiger partial charge in [-0.25, -0.2) is 0 Å². The number of phenolic OH excluding ortho intramolecular Hbond substituents is 2. The largest absolute Gasteiger partial charge is 0.506 e. The Morgan fingerprint density at radius 2 is 0.957 bits per heavy atom. The third kappa shape index (κ3) is 3.20. The number of rotatable bonds is 4. The molecule has 0 aliphatic heterocycles. The van der Waals surface area contributed by atoms with E-state index in [2.05, 4.69) is 24.3 Å². The summed E-state index contributed by atoms with van der Waals surface area (Å²) in [6, 6.07) is 12.7. The molecule has 0 spiro atoms. The lowest BCUT2D eigenvalue weighted by Gasteiger charge is -2.81. The van der Waals surface area contributed by atoms with Crippen molar-refractivity contribution in [3.8, 4) is 11.5 Å². The Labute approximate surface area is 275 Å². The molecule has 2 aromatic rings. The number of benzene rings is 2. The first-order valence-electron chi connectivity index (χ1n) is 19.4. The number of hydrogen-bond donors (Lipinski definition) is 4. The zero-order chi connectivity index (χ0) is 30.8. The summed E-state index contributed by atoms with van der Waals surface area (Å²) in [5, 5.41) is 21.6. The van der Waals surface area contributed by atoms with Gasteiger partial charge in [-0.15, -0.1) is 0 Å². The van der Waals surface area contributed by atoms with Crippen LogP contribution in [0.4, 0.5) is 11.4 Å². The van der Waals surface area contributed by atoms with Gasteiger partial charge in [0.15, 0.2) is 0 Å². The van der Waals surface area contributed by atoms with E-state index in [4.69, 9.17) is 11.5 Å². The molecule has 12 aliphatic carbocycles. The molecule has 0 aromatic heterocycles. The lowest BCUT2D eigenvalue weighted by atomic mass is 9.23. The summed E-state index contributed by atoms with van der Waals surface area (Å²) in [6.07, 6.45) is 23.2. The van der Waals surface area contributed by atoms with Crippen LogP contribution in [-0.2, 0) is 5.41 Å². The fourth-order valence-corrected chi connectivity index (χ4v) is 18.0. The minimum Gasteiger partial charge on any atom is -0.506 e. The number of aromatic hydroxyl groups is 2. The van der Waals surface area contributed by atoms with Crippen molar-refractivity contribution < 1.29 is 10.2 Å². The van der Waals surface area contributed by atoms with Gasteiger partial charge in [-0.05, 0) is 214 Å². The maximum atomic E-state index is 10.8. The predicted molar refractivity (Wildman–Crippen MR) is 182 cm³/mol. The van der Waals surface area contributed by atoms with Gasteiger partial charge >= 0.3 is 0 Å². The smallest absolute Gasteiger partial charge is 0.138 e. The zero-order valence-electron chi connectivity index (χ0n) is 27.6. The number of nitrogens with two attached hydrogens (primary N) is 2. The quantitative estimate of drug-likeness (QED) is 0.203. The molecule has 0 saturated heterocycles. The second-order valence-electron chi connectivity index (χ2n) is 19.5. The van der Waals surface area contributed by atoms with Crippen molar-refractivity contribution >= 4 is 11.4 Å². The van der Waals surface area contributed by atoms with Crippen LogP contribution in [0.1, 0.15) is 114 Å². The summed E-state index contributed by atoms with van der Waals surface area (Å²) in [5.74, 6) is 9.05. The molecule has 2 aromatic carbocycles. The summed E-state index contributed by atoms with van der Waals surface area (Å²) in [5.41, 5.74) is 17.8. The topological polar surface area (TPSA) is 92.5 Å². The van der Waals surface area contributed by atoms with Gasteiger partial charge in [0.2, 0.25) is 0 Å². The lowest BCUT2D eigenvalue weighted by molar-refractivity contribution is -0.296.